The molecule has 0 aliphatic carbocycles. The number of carboxylic acid groups (broad SMARTS) is 1. The Morgan fingerprint density at radius 1 is 1.42 bits per heavy atom. The van der Waals surface area contributed by atoms with Crippen LogP contribution in [0.15, 0.2) is 18.2 Å². The molecule has 1 aromatic carbocycles. The first-order chi connectivity index (χ1) is 12.1. The first-order valence-electron chi connectivity index (χ1n) is 7.20. The Morgan fingerprint density at radius 2 is 2.12 bits per heavy atom. The van der Waals surface area contributed by atoms with Gasteiger partial charge in [0.05, 0.1) is 18.1 Å². The van der Waals surface area contributed by atoms with E-state index in [4.69, 9.17) is 9.84 Å². The molecule has 1 aliphatic rings. The number of hydrogen-bond acceptors (Lipinski definition) is 6. The molecule has 1 amide bonds. The van der Waals surface area contributed by atoms with E-state index in [1.54, 1.807) is 0 Å². The Bertz CT molecular complexity index is 723. The van der Waals surface area contributed by atoms with E-state index in [0.29, 0.717) is 0 Å². The minimum Gasteiger partial charge on any atom is -0.484 e. The van der Waals surface area contributed by atoms with Crippen LogP contribution >= 0.6 is 0 Å². The molecule has 12 heteroatoms. The molecule has 1 heterocycles. The molecule has 2 rings (SSSR count). The summed E-state index contributed by atoms with van der Waals surface area (Å²) in [6.45, 7) is -2.09. The third kappa shape index (κ3) is 4.81. The van der Waals surface area contributed by atoms with Crippen molar-refractivity contribution in [1.29, 1.82) is 0 Å². The van der Waals surface area contributed by atoms with Crippen molar-refractivity contribution in [3.05, 3.63) is 33.9 Å². The first-order valence-corrected chi connectivity index (χ1v) is 7.20. The molecule has 1 N–H and O–H groups in total. The van der Waals surface area contributed by atoms with Gasteiger partial charge in [-0.1, -0.05) is 0 Å². The molecule has 0 saturated carbocycles. The number of nitro groups is 1. The maximum Gasteiger partial charge on any atom is 0.422 e. The van der Waals surface area contributed by atoms with E-state index in [0.717, 1.165) is 23.1 Å². The first kappa shape index (κ1) is 19.4. The fourth-order valence-electron chi connectivity index (χ4n) is 2.25. The number of benzene rings is 1. The highest BCUT2D eigenvalue weighted by atomic mass is 19.4. The highest BCUT2D eigenvalue weighted by Crippen LogP contribution is 2.27. The molecule has 0 spiro atoms. The lowest BCUT2D eigenvalue weighted by Gasteiger charge is -2.30. The number of carbonyl (C=O) groups is 2. The Kier molecular flexibility index (Phi) is 5.65. The van der Waals surface area contributed by atoms with Gasteiger partial charge in [0.25, 0.3) is 11.6 Å². The Hall–Kier alpha value is -2.89. The summed E-state index contributed by atoms with van der Waals surface area (Å²) < 4.78 is 46.2. The fourth-order valence-corrected chi connectivity index (χ4v) is 2.25. The molecule has 1 saturated heterocycles. The van der Waals surface area contributed by atoms with E-state index in [9.17, 15) is 32.9 Å². The van der Waals surface area contributed by atoms with Crippen LogP contribution in [-0.4, -0.2) is 65.4 Å². The monoisotopic (exact) mass is 378 g/mol. The van der Waals surface area contributed by atoms with Crippen LogP contribution in [0.5, 0.6) is 5.75 Å². The number of nitro benzene ring substituents is 1. The standard InChI is InChI=1S/C14H13F3N2O7/c15-14(16,17)7-26-8-1-2-10(19(23)24)9(5-8)12(20)18-3-4-25-11(6-18)13(21)22/h1-2,5,11H,3-4,6-7H2,(H,21,22). The van der Waals surface area contributed by atoms with Crippen LogP contribution in [0.1, 0.15) is 10.4 Å². The second kappa shape index (κ2) is 7.56. The molecule has 1 aliphatic heterocycles. The van der Waals surface area contributed by atoms with Gasteiger partial charge in [-0.3, -0.25) is 14.9 Å². The quantitative estimate of drug-likeness (QED) is 0.608. The number of nitrogens with zero attached hydrogens (tertiary/aromatic N) is 2. The number of alkyl halides is 3. The zero-order chi connectivity index (χ0) is 19.5. The number of amides is 1. The molecule has 1 unspecified atom stereocenters. The highest BCUT2D eigenvalue weighted by Gasteiger charge is 2.33. The zero-order valence-electron chi connectivity index (χ0n) is 13.1. The number of morpholine rings is 1. The number of carboxylic acids is 1. The van der Waals surface area contributed by atoms with Crippen molar-refractivity contribution in [2.24, 2.45) is 0 Å². The van der Waals surface area contributed by atoms with E-state index >= 15 is 0 Å². The summed E-state index contributed by atoms with van der Waals surface area (Å²) in [5.74, 6) is -2.58. The van der Waals surface area contributed by atoms with Crippen LogP contribution in [0, 0.1) is 10.1 Å². The predicted octanol–water partition coefficient (Wildman–Crippen LogP) is 1.46. The summed E-state index contributed by atoms with van der Waals surface area (Å²) in [5.41, 5.74) is -1.13. The third-order valence-corrected chi connectivity index (χ3v) is 3.43. The average Bonchev–Trinajstić information content (AvgIpc) is 2.58. The van der Waals surface area contributed by atoms with Crippen LogP contribution in [0.2, 0.25) is 0 Å². The minimum atomic E-state index is -4.62. The Morgan fingerprint density at radius 3 is 2.69 bits per heavy atom. The summed E-state index contributed by atoms with van der Waals surface area (Å²) in [4.78, 5) is 34.8. The number of carbonyl (C=O) groups excluding carboxylic acids is 1. The molecule has 0 bridgehead atoms. The number of aliphatic carboxylic acids is 1. The van der Waals surface area contributed by atoms with Crippen LogP contribution in [0.4, 0.5) is 18.9 Å². The molecule has 26 heavy (non-hydrogen) atoms. The molecule has 1 atom stereocenters. The largest absolute Gasteiger partial charge is 0.484 e. The number of hydrogen-bond donors (Lipinski definition) is 1. The molecular weight excluding hydrogens is 365 g/mol. The normalized spacial score (nSPS) is 17.7. The van der Waals surface area contributed by atoms with Crippen LogP contribution in [0.25, 0.3) is 0 Å². The molecule has 1 aromatic rings. The van der Waals surface area contributed by atoms with Gasteiger partial charge in [-0.05, 0) is 12.1 Å². The van der Waals surface area contributed by atoms with Crippen molar-refractivity contribution < 1.29 is 42.3 Å². The smallest absolute Gasteiger partial charge is 0.422 e. The third-order valence-electron chi connectivity index (χ3n) is 3.43. The Balaban J connectivity index is 2.28. The Labute approximate surface area is 144 Å². The zero-order valence-corrected chi connectivity index (χ0v) is 13.1. The van der Waals surface area contributed by atoms with Gasteiger partial charge in [0.15, 0.2) is 12.7 Å². The lowest BCUT2D eigenvalue weighted by atomic mass is 10.1. The topological polar surface area (TPSA) is 119 Å². The summed E-state index contributed by atoms with van der Waals surface area (Å²) in [6.07, 6.45) is -5.92. The molecule has 0 radical (unpaired) electrons. The second-order valence-electron chi connectivity index (χ2n) is 5.29. The van der Waals surface area contributed by atoms with Gasteiger partial charge in [-0.15, -0.1) is 0 Å². The van der Waals surface area contributed by atoms with E-state index < -0.39 is 46.9 Å². The maximum absolute atomic E-state index is 12.5. The van der Waals surface area contributed by atoms with Gasteiger partial charge in [0, 0.05) is 12.6 Å². The van der Waals surface area contributed by atoms with Crippen LogP contribution < -0.4 is 4.74 Å². The van der Waals surface area contributed by atoms with Crippen LogP contribution in [0.3, 0.4) is 0 Å². The fraction of sp³-hybridized carbons (Fsp3) is 0.429. The van der Waals surface area contributed by atoms with Crippen LogP contribution in [-0.2, 0) is 9.53 Å². The summed E-state index contributed by atoms with van der Waals surface area (Å²) in [6, 6.07) is 2.63. The van der Waals surface area contributed by atoms with Gasteiger partial charge >= 0.3 is 12.1 Å². The van der Waals surface area contributed by atoms with Crippen molar-refractivity contribution in [2.75, 3.05) is 26.3 Å². The number of ether oxygens (including phenoxy) is 2. The number of rotatable bonds is 5. The van der Waals surface area contributed by atoms with E-state index in [1.165, 1.54) is 0 Å². The average molecular weight is 378 g/mol. The highest BCUT2D eigenvalue weighted by molar-refractivity contribution is 5.99. The van der Waals surface area contributed by atoms with Crippen molar-refractivity contribution in [2.45, 2.75) is 12.3 Å². The van der Waals surface area contributed by atoms with Gasteiger partial charge < -0.3 is 19.5 Å². The van der Waals surface area contributed by atoms with E-state index in [1.807, 2.05) is 0 Å². The molecule has 1 fully saturated rings. The lowest BCUT2D eigenvalue weighted by molar-refractivity contribution is -0.385. The molecular formula is C14H13F3N2O7. The number of halogens is 3. The summed E-state index contributed by atoms with van der Waals surface area (Å²) in [7, 11) is 0. The van der Waals surface area contributed by atoms with Gasteiger partial charge in [-0.25, -0.2) is 4.79 Å². The van der Waals surface area contributed by atoms with E-state index in [2.05, 4.69) is 4.74 Å². The van der Waals surface area contributed by atoms with Gasteiger partial charge in [-0.2, -0.15) is 13.2 Å². The molecule has 0 aromatic heterocycles. The van der Waals surface area contributed by atoms with Crippen molar-refractivity contribution >= 4 is 17.6 Å². The SMILES string of the molecule is O=C(O)C1CN(C(=O)c2cc(OCC(F)(F)F)ccc2[N+](=O)[O-])CCO1. The van der Waals surface area contributed by atoms with Crippen molar-refractivity contribution in [1.82, 2.24) is 4.90 Å². The predicted molar refractivity (Wildman–Crippen MR) is 77.9 cm³/mol. The summed E-state index contributed by atoms with van der Waals surface area (Å²) >= 11 is 0. The second-order valence-corrected chi connectivity index (χ2v) is 5.29. The minimum absolute atomic E-state index is 0.0204. The van der Waals surface area contributed by atoms with Gasteiger partial charge in [0.2, 0.25) is 0 Å². The van der Waals surface area contributed by atoms with E-state index in [-0.39, 0.29) is 25.4 Å². The maximum atomic E-state index is 12.5. The molecule has 9 nitrogen and oxygen atoms in total. The summed E-state index contributed by atoms with van der Waals surface area (Å²) in [5, 5.41) is 20.0. The van der Waals surface area contributed by atoms with Crippen molar-refractivity contribution in [3.63, 3.8) is 0 Å². The van der Waals surface area contributed by atoms with Crippen molar-refractivity contribution in [3.8, 4) is 5.75 Å². The van der Waals surface area contributed by atoms with Gasteiger partial charge in [0.1, 0.15) is 11.3 Å². The molecule has 142 valence electrons. The lowest BCUT2D eigenvalue weighted by Crippen LogP contribution is -2.48.